The van der Waals surface area contributed by atoms with Crippen LogP contribution in [-0.2, 0) is 4.79 Å². The highest BCUT2D eigenvalue weighted by Gasteiger charge is 2.31. The quantitative estimate of drug-likeness (QED) is 0.724. The number of nitrogens with zero attached hydrogens (tertiary/aromatic N) is 3. The molecule has 1 aromatic carbocycles. The Morgan fingerprint density at radius 3 is 2.92 bits per heavy atom. The predicted octanol–water partition coefficient (Wildman–Crippen LogP) is 3.39. The van der Waals surface area contributed by atoms with Gasteiger partial charge in [0.05, 0.1) is 18.6 Å². The molecule has 1 aliphatic rings. The molecule has 1 heterocycles. The third kappa shape index (κ3) is 4.18. The molecule has 0 atom stereocenters. The van der Waals surface area contributed by atoms with E-state index in [9.17, 15) is 4.79 Å². The van der Waals surface area contributed by atoms with E-state index >= 15 is 0 Å². The summed E-state index contributed by atoms with van der Waals surface area (Å²) in [4.78, 5) is 14.2. The molecule has 0 spiro atoms. The van der Waals surface area contributed by atoms with Crippen LogP contribution < -0.4 is 10.1 Å². The Morgan fingerprint density at radius 2 is 2.21 bits per heavy atom. The fraction of sp³-hybridized carbons (Fsp3) is 0.438. The third-order valence-corrected chi connectivity index (χ3v) is 5.68. The molecule has 8 heteroatoms. The van der Waals surface area contributed by atoms with E-state index in [1.165, 1.54) is 23.1 Å². The topological polar surface area (TPSA) is 67.4 Å². The number of methoxy groups -OCH3 is 1. The van der Waals surface area contributed by atoms with Crippen molar-refractivity contribution in [1.29, 1.82) is 0 Å². The van der Waals surface area contributed by atoms with Gasteiger partial charge in [-0.15, -0.1) is 10.2 Å². The molecule has 0 bridgehead atoms. The van der Waals surface area contributed by atoms with Crippen LogP contribution in [0.4, 0.5) is 10.8 Å². The Bertz CT molecular complexity index is 703. The summed E-state index contributed by atoms with van der Waals surface area (Å²) >= 11 is 2.88. The summed E-state index contributed by atoms with van der Waals surface area (Å²) in [5.41, 5.74) is 0.842. The number of ether oxygens (including phenoxy) is 1. The van der Waals surface area contributed by atoms with Crippen LogP contribution in [-0.4, -0.2) is 46.5 Å². The maximum atomic E-state index is 12.2. The summed E-state index contributed by atoms with van der Waals surface area (Å²) in [5.74, 6) is 1.34. The molecule has 6 nitrogen and oxygen atoms in total. The van der Waals surface area contributed by atoms with Crippen molar-refractivity contribution in [1.82, 2.24) is 15.1 Å². The number of rotatable bonds is 8. The first-order chi connectivity index (χ1) is 11.7. The maximum Gasteiger partial charge on any atom is 0.233 e. The Kier molecular flexibility index (Phi) is 5.57. The highest BCUT2D eigenvalue weighted by Crippen LogP contribution is 2.32. The van der Waals surface area contributed by atoms with Crippen molar-refractivity contribution >= 4 is 39.8 Å². The zero-order valence-corrected chi connectivity index (χ0v) is 15.3. The van der Waals surface area contributed by atoms with E-state index in [1.807, 2.05) is 36.1 Å². The van der Waals surface area contributed by atoms with E-state index in [2.05, 4.69) is 15.5 Å². The largest absolute Gasteiger partial charge is 0.495 e. The number of amides is 1. The van der Waals surface area contributed by atoms with Gasteiger partial charge in [0.1, 0.15) is 5.75 Å². The molecule has 1 fully saturated rings. The molecule has 1 aliphatic carbocycles. The second-order valence-electron chi connectivity index (χ2n) is 5.40. The number of aromatic nitrogens is 2. The van der Waals surface area contributed by atoms with Gasteiger partial charge in [-0.25, -0.2) is 0 Å². The van der Waals surface area contributed by atoms with Crippen molar-refractivity contribution in [3.05, 3.63) is 24.3 Å². The lowest BCUT2D eigenvalue weighted by molar-refractivity contribution is -0.128. The standard InChI is InChI=1S/C16H20N4O2S2/c1-3-20(11-8-9-11)14(21)10-23-16-19-18-15(24-16)17-12-6-4-5-7-13(12)22-2/h4-7,11H,3,8-10H2,1-2H3,(H,17,18). The maximum absolute atomic E-state index is 12.2. The van der Waals surface area contributed by atoms with Crippen LogP contribution >= 0.6 is 23.1 Å². The van der Waals surface area contributed by atoms with Gasteiger partial charge in [-0.2, -0.15) is 0 Å². The van der Waals surface area contributed by atoms with Gasteiger partial charge in [0, 0.05) is 12.6 Å². The lowest BCUT2D eigenvalue weighted by Crippen LogP contribution is -2.34. The average Bonchev–Trinajstić information content (AvgIpc) is 3.33. The van der Waals surface area contributed by atoms with Crippen LogP contribution in [0.15, 0.2) is 28.6 Å². The van der Waals surface area contributed by atoms with Crippen molar-refractivity contribution in [3.63, 3.8) is 0 Å². The van der Waals surface area contributed by atoms with Crippen molar-refractivity contribution in [2.24, 2.45) is 0 Å². The Morgan fingerprint density at radius 1 is 1.42 bits per heavy atom. The molecule has 1 saturated carbocycles. The summed E-state index contributed by atoms with van der Waals surface area (Å²) in [6.45, 7) is 2.81. The SMILES string of the molecule is CCN(C(=O)CSc1nnc(Nc2ccccc2OC)s1)C1CC1. The summed E-state index contributed by atoms with van der Waals surface area (Å²) in [5, 5.41) is 12.2. The van der Waals surface area contributed by atoms with E-state index in [-0.39, 0.29) is 5.91 Å². The van der Waals surface area contributed by atoms with Crippen LogP contribution in [0.2, 0.25) is 0 Å². The van der Waals surface area contributed by atoms with E-state index in [0.29, 0.717) is 16.9 Å². The number of para-hydroxylation sites is 2. The van der Waals surface area contributed by atoms with E-state index in [0.717, 1.165) is 35.2 Å². The average molecular weight is 364 g/mol. The van der Waals surface area contributed by atoms with Crippen molar-refractivity contribution in [2.75, 3.05) is 24.7 Å². The fourth-order valence-electron chi connectivity index (χ4n) is 2.41. The zero-order chi connectivity index (χ0) is 16.9. The van der Waals surface area contributed by atoms with Crippen LogP contribution in [0.1, 0.15) is 19.8 Å². The lowest BCUT2D eigenvalue weighted by Gasteiger charge is -2.19. The first-order valence-corrected chi connectivity index (χ1v) is 9.67. The summed E-state index contributed by atoms with van der Waals surface area (Å²) in [7, 11) is 1.63. The summed E-state index contributed by atoms with van der Waals surface area (Å²) < 4.78 is 6.09. The van der Waals surface area contributed by atoms with Gasteiger partial charge in [-0.1, -0.05) is 35.2 Å². The number of benzene rings is 1. The molecule has 0 radical (unpaired) electrons. The molecule has 0 aliphatic heterocycles. The number of thioether (sulfide) groups is 1. The molecular formula is C16H20N4O2S2. The highest BCUT2D eigenvalue weighted by molar-refractivity contribution is 8.01. The Balaban J connectivity index is 1.56. The lowest BCUT2D eigenvalue weighted by atomic mass is 10.3. The minimum absolute atomic E-state index is 0.180. The van der Waals surface area contributed by atoms with Gasteiger partial charge in [-0.3, -0.25) is 4.79 Å². The monoisotopic (exact) mass is 364 g/mol. The first kappa shape index (κ1) is 17.0. The van der Waals surface area contributed by atoms with Gasteiger partial charge in [0.15, 0.2) is 4.34 Å². The van der Waals surface area contributed by atoms with E-state index in [4.69, 9.17) is 4.74 Å². The molecule has 1 N–H and O–H groups in total. The van der Waals surface area contributed by atoms with Crippen LogP contribution in [0, 0.1) is 0 Å². The first-order valence-electron chi connectivity index (χ1n) is 7.87. The van der Waals surface area contributed by atoms with Gasteiger partial charge >= 0.3 is 0 Å². The number of carbonyl (C=O) groups excluding carboxylic acids is 1. The number of carbonyl (C=O) groups is 1. The normalized spacial score (nSPS) is 13.6. The van der Waals surface area contributed by atoms with E-state index < -0.39 is 0 Å². The Labute approximate surface area is 149 Å². The molecule has 2 aromatic rings. The highest BCUT2D eigenvalue weighted by atomic mass is 32.2. The van der Waals surface area contributed by atoms with Gasteiger partial charge in [-0.05, 0) is 31.9 Å². The Hall–Kier alpha value is -1.80. The van der Waals surface area contributed by atoms with E-state index in [1.54, 1.807) is 7.11 Å². The second kappa shape index (κ2) is 7.85. The fourth-order valence-corrected chi connectivity index (χ4v) is 4.06. The molecule has 0 saturated heterocycles. The second-order valence-corrected chi connectivity index (χ2v) is 7.60. The van der Waals surface area contributed by atoms with Gasteiger partial charge < -0.3 is 15.0 Å². The van der Waals surface area contributed by atoms with Crippen LogP contribution in [0.25, 0.3) is 0 Å². The number of hydrogen-bond donors (Lipinski definition) is 1. The van der Waals surface area contributed by atoms with Crippen LogP contribution in [0.3, 0.4) is 0 Å². The smallest absolute Gasteiger partial charge is 0.233 e. The molecule has 128 valence electrons. The molecule has 3 rings (SSSR count). The van der Waals surface area contributed by atoms with Crippen molar-refractivity contribution in [2.45, 2.75) is 30.1 Å². The van der Waals surface area contributed by atoms with Crippen molar-refractivity contribution < 1.29 is 9.53 Å². The minimum atomic E-state index is 0.180. The van der Waals surface area contributed by atoms with Crippen LogP contribution in [0.5, 0.6) is 5.75 Å². The number of anilines is 2. The molecule has 1 amide bonds. The molecule has 1 aromatic heterocycles. The predicted molar refractivity (Wildman–Crippen MR) is 97.3 cm³/mol. The zero-order valence-electron chi connectivity index (χ0n) is 13.7. The number of hydrogen-bond acceptors (Lipinski definition) is 7. The molecular weight excluding hydrogens is 344 g/mol. The molecule has 24 heavy (non-hydrogen) atoms. The molecule has 0 unspecified atom stereocenters. The third-order valence-electron chi connectivity index (χ3n) is 3.72. The van der Waals surface area contributed by atoms with Crippen molar-refractivity contribution in [3.8, 4) is 5.75 Å². The minimum Gasteiger partial charge on any atom is -0.495 e. The summed E-state index contributed by atoms with van der Waals surface area (Å²) in [6, 6.07) is 8.11. The number of nitrogens with one attached hydrogen (secondary N) is 1. The summed E-state index contributed by atoms with van der Waals surface area (Å²) in [6.07, 6.45) is 2.27. The van der Waals surface area contributed by atoms with Gasteiger partial charge in [0.2, 0.25) is 11.0 Å². The van der Waals surface area contributed by atoms with Gasteiger partial charge in [0.25, 0.3) is 0 Å².